The molecule has 0 unspecified atom stereocenters. The summed E-state index contributed by atoms with van der Waals surface area (Å²) in [6.45, 7) is 1.55. The summed E-state index contributed by atoms with van der Waals surface area (Å²) in [6, 6.07) is 17.2. The van der Waals surface area contributed by atoms with Crippen molar-refractivity contribution in [2.24, 2.45) is 0 Å². The Bertz CT molecular complexity index is 566. The van der Waals surface area contributed by atoms with Gasteiger partial charge in [-0.1, -0.05) is 42.5 Å². The van der Waals surface area contributed by atoms with Gasteiger partial charge in [-0.05, 0) is 24.6 Å². The zero-order valence-corrected chi connectivity index (χ0v) is 12.1. The first-order valence-corrected chi connectivity index (χ1v) is 7.12. The summed E-state index contributed by atoms with van der Waals surface area (Å²) in [5, 5.41) is 0. The Balaban J connectivity index is 2.20. The monoisotopic (exact) mass is 288 g/mol. The molecule has 2 aromatic carbocycles. The molecule has 20 heavy (non-hydrogen) atoms. The average Bonchev–Trinajstić information content (AvgIpc) is 2.48. The molecule has 0 aliphatic heterocycles. The molecule has 0 heterocycles. The van der Waals surface area contributed by atoms with Crippen LogP contribution in [0, 0.1) is 0 Å². The van der Waals surface area contributed by atoms with Crippen LogP contribution in [0.15, 0.2) is 54.6 Å². The molecule has 0 bridgehead atoms. The summed E-state index contributed by atoms with van der Waals surface area (Å²) in [7, 11) is 0. The summed E-state index contributed by atoms with van der Waals surface area (Å²) in [4.78, 5) is 11.4. The number of hydrogen-bond donors (Lipinski definition) is 0. The number of rotatable bonds is 6. The van der Waals surface area contributed by atoms with Crippen LogP contribution in [0.3, 0.4) is 0 Å². The van der Waals surface area contributed by atoms with Gasteiger partial charge >= 0.3 is 0 Å². The number of Topliss-reactive ketones (excluding diaryl/α,β-unsaturated/α-hetero) is 1. The molecule has 3 heteroatoms. The van der Waals surface area contributed by atoms with Crippen molar-refractivity contribution in [3.63, 3.8) is 0 Å². The highest BCUT2D eigenvalue weighted by molar-refractivity contribution is 6.17. The van der Waals surface area contributed by atoms with Gasteiger partial charge in [-0.15, -0.1) is 11.6 Å². The van der Waals surface area contributed by atoms with Crippen LogP contribution >= 0.6 is 11.6 Å². The fourth-order valence-electron chi connectivity index (χ4n) is 2.01. The van der Waals surface area contributed by atoms with Gasteiger partial charge in [-0.2, -0.15) is 0 Å². The molecular weight excluding hydrogens is 272 g/mol. The lowest BCUT2D eigenvalue weighted by molar-refractivity contribution is 0.101. The lowest BCUT2D eigenvalue weighted by Gasteiger charge is -2.19. The van der Waals surface area contributed by atoms with Gasteiger partial charge in [0.2, 0.25) is 0 Å². The van der Waals surface area contributed by atoms with E-state index in [1.165, 1.54) is 0 Å². The van der Waals surface area contributed by atoms with Crippen LogP contribution in [0.5, 0.6) is 5.75 Å². The smallest absolute Gasteiger partial charge is 0.159 e. The van der Waals surface area contributed by atoms with E-state index in [9.17, 15) is 4.79 Å². The lowest BCUT2D eigenvalue weighted by atomic mass is 10.1. The lowest BCUT2D eigenvalue weighted by Crippen LogP contribution is -2.08. The Kier molecular flexibility index (Phi) is 5.19. The molecule has 2 aromatic rings. The molecule has 0 saturated carbocycles. The van der Waals surface area contributed by atoms with Crippen LogP contribution < -0.4 is 4.74 Å². The van der Waals surface area contributed by atoms with Crippen molar-refractivity contribution in [2.45, 2.75) is 19.4 Å². The second-order valence-corrected chi connectivity index (χ2v) is 4.96. The van der Waals surface area contributed by atoms with Gasteiger partial charge < -0.3 is 4.74 Å². The second-order valence-electron chi connectivity index (χ2n) is 4.58. The number of benzene rings is 2. The molecule has 2 nitrogen and oxygen atoms in total. The van der Waals surface area contributed by atoms with Crippen molar-refractivity contribution >= 4 is 17.4 Å². The highest BCUT2D eigenvalue weighted by Crippen LogP contribution is 2.26. The van der Waals surface area contributed by atoms with Gasteiger partial charge in [0.05, 0.1) is 0 Å². The van der Waals surface area contributed by atoms with Gasteiger partial charge in [-0.3, -0.25) is 4.79 Å². The zero-order valence-electron chi connectivity index (χ0n) is 11.4. The fraction of sp³-hybridized carbons (Fsp3) is 0.235. The predicted octanol–water partition coefficient (Wildman–Crippen LogP) is 4.64. The van der Waals surface area contributed by atoms with E-state index < -0.39 is 0 Å². The van der Waals surface area contributed by atoms with Crippen LogP contribution in [0.25, 0.3) is 0 Å². The Labute approximate surface area is 124 Å². The van der Waals surface area contributed by atoms with E-state index in [1.54, 1.807) is 19.1 Å². The summed E-state index contributed by atoms with van der Waals surface area (Å²) >= 11 is 5.86. The number of hydrogen-bond acceptors (Lipinski definition) is 2. The van der Waals surface area contributed by atoms with Gasteiger partial charge in [0.15, 0.2) is 5.78 Å². The molecule has 0 spiro atoms. The van der Waals surface area contributed by atoms with E-state index in [1.807, 2.05) is 42.5 Å². The van der Waals surface area contributed by atoms with Crippen LogP contribution in [0.4, 0.5) is 0 Å². The summed E-state index contributed by atoms with van der Waals surface area (Å²) < 4.78 is 6.00. The maximum Gasteiger partial charge on any atom is 0.159 e. The molecule has 104 valence electrons. The predicted molar refractivity (Wildman–Crippen MR) is 81.6 cm³/mol. The number of ketones is 1. The Morgan fingerprint density at radius 3 is 2.55 bits per heavy atom. The molecule has 0 aliphatic carbocycles. The first-order valence-electron chi connectivity index (χ1n) is 6.59. The van der Waals surface area contributed by atoms with E-state index in [2.05, 4.69) is 0 Å². The second kappa shape index (κ2) is 7.11. The minimum atomic E-state index is -0.101. The van der Waals surface area contributed by atoms with Crippen molar-refractivity contribution in [3.8, 4) is 5.75 Å². The van der Waals surface area contributed by atoms with Crippen molar-refractivity contribution in [1.29, 1.82) is 0 Å². The normalized spacial score (nSPS) is 11.9. The van der Waals surface area contributed by atoms with Gasteiger partial charge in [0.25, 0.3) is 0 Å². The van der Waals surface area contributed by atoms with Gasteiger partial charge in [0, 0.05) is 17.9 Å². The molecule has 0 amide bonds. The molecule has 0 fully saturated rings. The van der Waals surface area contributed by atoms with Gasteiger partial charge in [0.1, 0.15) is 11.9 Å². The molecule has 0 aliphatic rings. The first-order chi connectivity index (χ1) is 9.70. The number of halogens is 1. The maximum atomic E-state index is 11.4. The van der Waals surface area contributed by atoms with E-state index in [0.717, 1.165) is 12.0 Å². The molecule has 0 saturated heterocycles. The van der Waals surface area contributed by atoms with Crippen LogP contribution in [-0.4, -0.2) is 11.7 Å². The minimum absolute atomic E-state index is 0.0315. The fourth-order valence-corrected chi connectivity index (χ4v) is 2.21. The highest BCUT2D eigenvalue weighted by Gasteiger charge is 2.13. The quantitative estimate of drug-likeness (QED) is 0.572. The van der Waals surface area contributed by atoms with Crippen molar-refractivity contribution in [1.82, 2.24) is 0 Å². The SMILES string of the molecule is CC(=O)c1cccc(O[C@H](CCCl)c2ccccc2)c1. The van der Waals surface area contributed by atoms with Crippen molar-refractivity contribution in [3.05, 3.63) is 65.7 Å². The third-order valence-corrected chi connectivity index (χ3v) is 3.28. The summed E-state index contributed by atoms with van der Waals surface area (Å²) in [6.07, 6.45) is 0.617. The summed E-state index contributed by atoms with van der Waals surface area (Å²) in [5.74, 6) is 1.24. The molecule has 0 aromatic heterocycles. The Hall–Kier alpha value is -1.80. The first kappa shape index (κ1) is 14.6. The van der Waals surface area contributed by atoms with E-state index >= 15 is 0 Å². The van der Waals surface area contributed by atoms with Crippen LogP contribution in [-0.2, 0) is 0 Å². The molecular formula is C17H17ClO2. The number of alkyl halides is 1. The largest absolute Gasteiger partial charge is 0.486 e. The topological polar surface area (TPSA) is 26.3 Å². The summed E-state index contributed by atoms with van der Waals surface area (Å²) in [5.41, 5.74) is 1.74. The van der Waals surface area contributed by atoms with E-state index in [-0.39, 0.29) is 11.9 Å². The van der Waals surface area contributed by atoms with Crippen LogP contribution in [0.1, 0.15) is 35.4 Å². The number of carbonyl (C=O) groups is 1. The standard InChI is InChI=1S/C17H17ClO2/c1-13(19)15-8-5-9-16(12-15)20-17(10-11-18)14-6-3-2-4-7-14/h2-9,12,17H,10-11H2,1H3/t17-/m1/s1. The average molecular weight is 289 g/mol. The van der Waals surface area contributed by atoms with Crippen molar-refractivity contribution < 1.29 is 9.53 Å². The van der Waals surface area contributed by atoms with Crippen molar-refractivity contribution in [2.75, 3.05) is 5.88 Å². The number of carbonyl (C=O) groups excluding carboxylic acids is 1. The Morgan fingerprint density at radius 1 is 1.15 bits per heavy atom. The van der Waals surface area contributed by atoms with E-state index in [0.29, 0.717) is 17.2 Å². The van der Waals surface area contributed by atoms with Crippen LogP contribution in [0.2, 0.25) is 0 Å². The third-order valence-electron chi connectivity index (χ3n) is 3.06. The molecule has 0 N–H and O–H groups in total. The maximum absolute atomic E-state index is 11.4. The number of ether oxygens (including phenoxy) is 1. The third kappa shape index (κ3) is 3.84. The Morgan fingerprint density at radius 2 is 1.90 bits per heavy atom. The van der Waals surface area contributed by atoms with E-state index in [4.69, 9.17) is 16.3 Å². The molecule has 1 atom stereocenters. The highest BCUT2D eigenvalue weighted by atomic mass is 35.5. The molecule has 2 rings (SSSR count). The minimum Gasteiger partial charge on any atom is -0.486 e. The van der Waals surface area contributed by atoms with Gasteiger partial charge in [-0.25, -0.2) is 0 Å². The molecule has 0 radical (unpaired) electrons. The zero-order chi connectivity index (χ0) is 14.4.